The van der Waals surface area contributed by atoms with Crippen molar-refractivity contribution in [2.24, 2.45) is 0 Å². The third-order valence-corrected chi connectivity index (χ3v) is 8.56. The van der Waals surface area contributed by atoms with Gasteiger partial charge in [0.25, 0.3) is 5.91 Å². The van der Waals surface area contributed by atoms with E-state index in [9.17, 15) is 13.2 Å². The highest BCUT2D eigenvalue weighted by molar-refractivity contribution is 7.89. The zero-order valence-corrected chi connectivity index (χ0v) is 19.3. The maximum Gasteiger partial charge on any atom is 0.286 e. The van der Waals surface area contributed by atoms with Gasteiger partial charge in [0.2, 0.25) is 15.0 Å². The van der Waals surface area contributed by atoms with Crippen LogP contribution >= 0.6 is 22.9 Å². The Morgan fingerprint density at radius 2 is 2.13 bits per heavy atom. The number of H-pyrrole nitrogens is 1. The number of carbonyl (C=O) groups is 1. The lowest BCUT2D eigenvalue weighted by Crippen LogP contribution is -2.39. The molecule has 1 fully saturated rings. The standard InChI is InChI=1S/C19H21ClN6O3S2/c1-11-16(12(2)23-22-11)31(28,29)26-8-4-5-13(10-26)18-24-25-19(30-18)17(27)21-15-7-3-6-14(20)9-15/h3,6-7,9,13H,4-5,8,10H2,1-2H3,(H,21,27)(H,22,23). The monoisotopic (exact) mass is 480 g/mol. The summed E-state index contributed by atoms with van der Waals surface area (Å²) in [5, 5.41) is 19.1. The molecule has 1 unspecified atom stereocenters. The highest BCUT2D eigenvalue weighted by Crippen LogP contribution is 2.33. The Bertz CT molecular complexity index is 1200. The highest BCUT2D eigenvalue weighted by Gasteiger charge is 2.35. The predicted octanol–water partition coefficient (Wildman–Crippen LogP) is 3.35. The van der Waals surface area contributed by atoms with E-state index in [1.807, 2.05) is 0 Å². The Balaban J connectivity index is 1.49. The topological polar surface area (TPSA) is 121 Å². The average molecular weight is 481 g/mol. The molecule has 164 valence electrons. The summed E-state index contributed by atoms with van der Waals surface area (Å²) in [5.41, 5.74) is 1.54. The average Bonchev–Trinajstić information content (AvgIpc) is 3.35. The lowest BCUT2D eigenvalue weighted by molar-refractivity contribution is 0.102. The van der Waals surface area contributed by atoms with Crippen LogP contribution in [0.4, 0.5) is 5.69 Å². The van der Waals surface area contributed by atoms with E-state index in [-0.39, 0.29) is 28.3 Å². The lowest BCUT2D eigenvalue weighted by atomic mass is 10.0. The molecule has 1 amide bonds. The second-order valence-corrected chi connectivity index (χ2v) is 10.7. The molecule has 31 heavy (non-hydrogen) atoms. The lowest BCUT2D eigenvalue weighted by Gasteiger charge is -2.30. The van der Waals surface area contributed by atoms with Crippen molar-refractivity contribution in [3.63, 3.8) is 0 Å². The van der Waals surface area contributed by atoms with Crippen LogP contribution in [-0.4, -0.2) is 52.1 Å². The van der Waals surface area contributed by atoms with Crippen molar-refractivity contribution in [3.8, 4) is 0 Å². The number of benzene rings is 1. The van der Waals surface area contributed by atoms with Gasteiger partial charge in [0, 0.05) is 29.7 Å². The number of hydrogen-bond donors (Lipinski definition) is 2. The minimum absolute atomic E-state index is 0.124. The van der Waals surface area contributed by atoms with E-state index in [4.69, 9.17) is 11.6 Å². The number of sulfonamides is 1. The van der Waals surface area contributed by atoms with Crippen LogP contribution in [0.2, 0.25) is 5.02 Å². The number of nitrogens with one attached hydrogen (secondary N) is 2. The third kappa shape index (κ3) is 4.49. The fraction of sp³-hybridized carbons (Fsp3) is 0.368. The maximum absolute atomic E-state index is 13.2. The van der Waals surface area contributed by atoms with E-state index < -0.39 is 10.0 Å². The Hall–Kier alpha value is -2.34. The van der Waals surface area contributed by atoms with Gasteiger partial charge in [-0.15, -0.1) is 10.2 Å². The number of rotatable bonds is 5. The number of aryl methyl sites for hydroxylation is 2. The van der Waals surface area contributed by atoms with Gasteiger partial charge in [0.05, 0.1) is 11.4 Å². The highest BCUT2D eigenvalue weighted by atomic mass is 35.5. The second kappa shape index (κ2) is 8.65. The second-order valence-electron chi connectivity index (χ2n) is 7.38. The molecule has 2 N–H and O–H groups in total. The van der Waals surface area contributed by atoms with Crippen LogP contribution in [0, 0.1) is 13.8 Å². The molecule has 0 radical (unpaired) electrons. The smallest absolute Gasteiger partial charge is 0.286 e. The summed E-state index contributed by atoms with van der Waals surface area (Å²) in [6.07, 6.45) is 1.48. The van der Waals surface area contributed by atoms with Gasteiger partial charge >= 0.3 is 0 Å². The van der Waals surface area contributed by atoms with Crippen LogP contribution in [0.5, 0.6) is 0 Å². The van der Waals surface area contributed by atoms with Gasteiger partial charge in [-0.25, -0.2) is 8.42 Å². The van der Waals surface area contributed by atoms with Crippen LogP contribution in [0.1, 0.15) is 45.0 Å². The van der Waals surface area contributed by atoms with Gasteiger partial charge in [-0.05, 0) is 44.9 Å². The fourth-order valence-electron chi connectivity index (χ4n) is 3.65. The van der Waals surface area contributed by atoms with Crippen LogP contribution in [0.15, 0.2) is 29.2 Å². The number of carbonyl (C=O) groups excluding carboxylic acids is 1. The predicted molar refractivity (Wildman–Crippen MR) is 118 cm³/mol. The number of nitrogens with zero attached hydrogens (tertiary/aromatic N) is 4. The Labute approximate surface area is 188 Å². The van der Waals surface area contributed by atoms with Crippen molar-refractivity contribution < 1.29 is 13.2 Å². The third-order valence-electron chi connectivity index (χ3n) is 5.11. The van der Waals surface area contributed by atoms with Crippen LogP contribution in [-0.2, 0) is 10.0 Å². The minimum atomic E-state index is -3.67. The van der Waals surface area contributed by atoms with E-state index in [1.165, 1.54) is 15.6 Å². The van der Waals surface area contributed by atoms with Gasteiger partial charge < -0.3 is 5.32 Å². The molecule has 9 nitrogen and oxygen atoms in total. The number of hydrogen-bond acceptors (Lipinski definition) is 7. The summed E-state index contributed by atoms with van der Waals surface area (Å²) in [6.45, 7) is 4.10. The molecule has 1 aliphatic rings. The van der Waals surface area contributed by atoms with Crippen molar-refractivity contribution in [2.45, 2.75) is 37.5 Å². The molecule has 12 heteroatoms. The first-order chi connectivity index (χ1) is 14.8. The molecule has 0 spiro atoms. The molecule has 1 atom stereocenters. The molecule has 0 aliphatic carbocycles. The Kier molecular flexibility index (Phi) is 6.11. The minimum Gasteiger partial charge on any atom is -0.320 e. The summed E-state index contributed by atoms with van der Waals surface area (Å²) in [4.78, 5) is 12.7. The molecule has 1 saturated heterocycles. The van der Waals surface area contributed by atoms with Crippen molar-refractivity contribution in [1.82, 2.24) is 24.7 Å². The van der Waals surface area contributed by atoms with Crippen LogP contribution < -0.4 is 5.32 Å². The van der Waals surface area contributed by atoms with Crippen LogP contribution in [0.3, 0.4) is 0 Å². The van der Waals surface area contributed by atoms with E-state index in [0.717, 1.165) is 6.42 Å². The number of piperidine rings is 1. The molecule has 2 aromatic heterocycles. The first-order valence-electron chi connectivity index (χ1n) is 9.67. The maximum atomic E-state index is 13.2. The van der Waals surface area contributed by atoms with Gasteiger partial charge in [-0.2, -0.15) is 9.40 Å². The molecule has 4 rings (SSSR count). The van der Waals surface area contributed by atoms with E-state index in [0.29, 0.717) is 40.1 Å². The Morgan fingerprint density at radius 3 is 2.84 bits per heavy atom. The number of aromatic amines is 1. The molecular formula is C19H21ClN6O3S2. The quantitative estimate of drug-likeness (QED) is 0.577. The van der Waals surface area contributed by atoms with E-state index >= 15 is 0 Å². The van der Waals surface area contributed by atoms with E-state index in [1.54, 1.807) is 38.1 Å². The number of aromatic nitrogens is 4. The summed E-state index contributed by atoms with van der Waals surface area (Å²) in [7, 11) is -3.67. The summed E-state index contributed by atoms with van der Waals surface area (Å²) >= 11 is 7.13. The van der Waals surface area contributed by atoms with Crippen molar-refractivity contribution in [1.29, 1.82) is 0 Å². The SMILES string of the molecule is Cc1n[nH]c(C)c1S(=O)(=O)N1CCCC(c2nnc(C(=O)Nc3cccc(Cl)c3)s2)C1. The summed E-state index contributed by atoms with van der Waals surface area (Å²) in [5.74, 6) is -0.503. The van der Waals surface area contributed by atoms with Gasteiger partial charge in [0.1, 0.15) is 9.90 Å². The van der Waals surface area contributed by atoms with Crippen molar-refractivity contribution in [3.05, 3.63) is 50.7 Å². The van der Waals surface area contributed by atoms with E-state index in [2.05, 4.69) is 25.7 Å². The first-order valence-corrected chi connectivity index (χ1v) is 12.3. The van der Waals surface area contributed by atoms with Gasteiger partial charge in [-0.3, -0.25) is 9.89 Å². The molecular weight excluding hydrogens is 460 g/mol. The number of anilines is 1. The Morgan fingerprint density at radius 1 is 1.32 bits per heavy atom. The number of amides is 1. The fourth-order valence-corrected chi connectivity index (χ4v) is 6.56. The summed E-state index contributed by atoms with van der Waals surface area (Å²) < 4.78 is 27.8. The zero-order valence-electron chi connectivity index (χ0n) is 16.9. The molecule has 3 aromatic rings. The van der Waals surface area contributed by atoms with Gasteiger partial charge in [0.15, 0.2) is 0 Å². The number of halogens is 1. The zero-order chi connectivity index (χ0) is 22.2. The first kappa shape index (κ1) is 21.9. The molecule has 0 saturated carbocycles. The molecule has 1 aromatic carbocycles. The molecule has 0 bridgehead atoms. The van der Waals surface area contributed by atoms with Gasteiger partial charge in [-0.1, -0.05) is 29.0 Å². The normalized spacial score (nSPS) is 17.6. The largest absolute Gasteiger partial charge is 0.320 e. The molecule has 1 aliphatic heterocycles. The van der Waals surface area contributed by atoms with Crippen LogP contribution in [0.25, 0.3) is 0 Å². The summed E-state index contributed by atoms with van der Waals surface area (Å²) in [6, 6.07) is 6.83. The van der Waals surface area contributed by atoms with Crippen molar-refractivity contribution >= 4 is 44.6 Å². The van der Waals surface area contributed by atoms with Crippen molar-refractivity contribution in [2.75, 3.05) is 18.4 Å². The molecule has 3 heterocycles.